The molecule has 0 aromatic carbocycles. The minimum absolute atomic E-state index is 0.0693. The van der Waals surface area contributed by atoms with Gasteiger partial charge in [0.25, 0.3) is 0 Å². The number of aliphatic hydroxyl groups is 1. The monoisotopic (exact) mass is 203 g/mol. The summed E-state index contributed by atoms with van der Waals surface area (Å²) >= 11 is 0. The first-order valence-electron chi connectivity index (χ1n) is 4.83. The summed E-state index contributed by atoms with van der Waals surface area (Å²) in [6.07, 6.45) is -0.725. The molecule has 2 bridgehead atoms. The molecule has 3 saturated heterocycles. The Labute approximate surface area is 83.1 Å². The molecule has 0 spiro atoms. The van der Waals surface area contributed by atoms with Gasteiger partial charge in [-0.2, -0.15) is 0 Å². The standard InChI is InChI=1S/C9H17NO4/c1-6(11)7(10)9-12-3-8(2,4-13-9)5-14-9/h6-7,11H,3-5,10H2,1-2H3. The Hall–Kier alpha value is -0.200. The van der Waals surface area contributed by atoms with Crippen LogP contribution in [0.1, 0.15) is 13.8 Å². The van der Waals surface area contributed by atoms with Crippen LogP contribution in [-0.2, 0) is 14.2 Å². The molecule has 0 amide bonds. The lowest BCUT2D eigenvalue weighted by atomic mass is 9.91. The van der Waals surface area contributed by atoms with Crippen molar-refractivity contribution in [3.8, 4) is 0 Å². The number of aliphatic hydroxyl groups excluding tert-OH is 1. The number of nitrogens with two attached hydrogens (primary N) is 1. The molecule has 3 aliphatic rings. The lowest BCUT2D eigenvalue weighted by molar-refractivity contribution is -0.475. The molecule has 3 aliphatic heterocycles. The van der Waals surface area contributed by atoms with Crippen LogP contribution in [-0.4, -0.2) is 43.0 Å². The van der Waals surface area contributed by atoms with Crippen molar-refractivity contribution >= 4 is 0 Å². The normalized spacial score (nSPS) is 46.3. The van der Waals surface area contributed by atoms with Crippen molar-refractivity contribution in [2.45, 2.75) is 32.0 Å². The van der Waals surface area contributed by atoms with Gasteiger partial charge in [-0.3, -0.25) is 0 Å². The molecule has 3 N–H and O–H groups in total. The van der Waals surface area contributed by atoms with Crippen LogP contribution < -0.4 is 5.73 Å². The van der Waals surface area contributed by atoms with E-state index in [1.807, 2.05) is 6.92 Å². The fourth-order valence-corrected chi connectivity index (χ4v) is 1.66. The van der Waals surface area contributed by atoms with Crippen LogP contribution in [0.4, 0.5) is 0 Å². The Morgan fingerprint density at radius 3 is 2.00 bits per heavy atom. The zero-order valence-corrected chi connectivity index (χ0v) is 8.53. The van der Waals surface area contributed by atoms with Crippen molar-refractivity contribution in [2.24, 2.45) is 11.1 Å². The van der Waals surface area contributed by atoms with E-state index in [1.165, 1.54) is 0 Å². The predicted molar refractivity (Wildman–Crippen MR) is 48.4 cm³/mol. The van der Waals surface area contributed by atoms with Gasteiger partial charge in [-0.25, -0.2) is 0 Å². The van der Waals surface area contributed by atoms with E-state index in [4.69, 9.17) is 19.9 Å². The van der Waals surface area contributed by atoms with E-state index in [0.29, 0.717) is 19.8 Å². The molecule has 3 rings (SSSR count). The third-order valence-corrected chi connectivity index (χ3v) is 2.79. The Morgan fingerprint density at radius 1 is 1.21 bits per heavy atom. The Morgan fingerprint density at radius 2 is 1.64 bits per heavy atom. The third kappa shape index (κ3) is 1.45. The maximum Gasteiger partial charge on any atom is 0.301 e. The second kappa shape index (κ2) is 3.15. The highest BCUT2D eigenvalue weighted by Gasteiger charge is 2.54. The molecule has 82 valence electrons. The van der Waals surface area contributed by atoms with Crippen molar-refractivity contribution in [3.05, 3.63) is 0 Å². The van der Waals surface area contributed by atoms with Crippen molar-refractivity contribution in [1.29, 1.82) is 0 Å². The summed E-state index contributed by atoms with van der Waals surface area (Å²) in [6.45, 7) is 5.32. The summed E-state index contributed by atoms with van der Waals surface area (Å²) in [5.41, 5.74) is 5.71. The van der Waals surface area contributed by atoms with Crippen LogP contribution >= 0.6 is 0 Å². The molecule has 5 nitrogen and oxygen atoms in total. The van der Waals surface area contributed by atoms with Gasteiger partial charge in [0.1, 0.15) is 6.04 Å². The van der Waals surface area contributed by atoms with Crippen LogP contribution in [0.5, 0.6) is 0 Å². The molecule has 0 radical (unpaired) electrons. The highest BCUT2D eigenvalue weighted by atomic mass is 16.9. The van der Waals surface area contributed by atoms with E-state index in [-0.39, 0.29) is 5.41 Å². The van der Waals surface area contributed by atoms with Gasteiger partial charge in [0.15, 0.2) is 0 Å². The second-order valence-corrected chi connectivity index (χ2v) is 4.55. The molecular weight excluding hydrogens is 186 g/mol. The molecule has 5 heteroatoms. The number of hydrogen-bond acceptors (Lipinski definition) is 5. The SMILES string of the molecule is CC(O)C(N)C12OCC(C)(CO1)CO2. The smallest absolute Gasteiger partial charge is 0.301 e. The topological polar surface area (TPSA) is 73.9 Å². The number of hydrogen-bond donors (Lipinski definition) is 2. The highest BCUT2D eigenvalue weighted by molar-refractivity contribution is 4.91. The van der Waals surface area contributed by atoms with Crippen LogP contribution in [0, 0.1) is 5.41 Å². The van der Waals surface area contributed by atoms with Crippen LogP contribution in [0.2, 0.25) is 0 Å². The molecule has 3 fully saturated rings. The van der Waals surface area contributed by atoms with E-state index in [2.05, 4.69) is 0 Å². The molecule has 2 atom stereocenters. The minimum Gasteiger partial charge on any atom is -0.391 e. The highest BCUT2D eigenvalue weighted by Crippen LogP contribution is 2.39. The zero-order chi connectivity index (χ0) is 10.4. The van der Waals surface area contributed by atoms with Crippen molar-refractivity contribution in [1.82, 2.24) is 0 Å². The summed E-state index contributed by atoms with van der Waals surface area (Å²) in [7, 11) is 0. The maximum absolute atomic E-state index is 9.39. The van der Waals surface area contributed by atoms with Gasteiger partial charge in [-0.05, 0) is 6.92 Å². The van der Waals surface area contributed by atoms with E-state index in [1.54, 1.807) is 6.92 Å². The quantitative estimate of drug-likeness (QED) is 0.629. The largest absolute Gasteiger partial charge is 0.391 e. The van der Waals surface area contributed by atoms with Gasteiger partial charge in [-0.15, -0.1) is 0 Å². The first kappa shape index (κ1) is 10.3. The molecule has 3 heterocycles. The summed E-state index contributed by atoms with van der Waals surface area (Å²) in [5.74, 6) is -1.23. The van der Waals surface area contributed by atoms with Crippen LogP contribution in [0.15, 0.2) is 0 Å². The Bertz CT molecular complexity index is 206. The first-order valence-corrected chi connectivity index (χ1v) is 4.83. The Balaban J connectivity index is 2.12. The summed E-state index contributed by atoms with van der Waals surface area (Å²) in [5, 5.41) is 9.39. The molecule has 14 heavy (non-hydrogen) atoms. The fraction of sp³-hybridized carbons (Fsp3) is 1.00. The number of rotatable bonds is 2. The number of ether oxygens (including phenoxy) is 3. The lowest BCUT2D eigenvalue weighted by Gasteiger charge is -2.52. The minimum atomic E-state index is -1.23. The van der Waals surface area contributed by atoms with Gasteiger partial charge in [-0.1, -0.05) is 6.92 Å². The fourth-order valence-electron chi connectivity index (χ4n) is 1.66. The van der Waals surface area contributed by atoms with E-state index in [0.717, 1.165) is 0 Å². The van der Waals surface area contributed by atoms with Gasteiger partial charge >= 0.3 is 5.97 Å². The third-order valence-electron chi connectivity index (χ3n) is 2.79. The zero-order valence-electron chi connectivity index (χ0n) is 8.53. The molecule has 0 aliphatic carbocycles. The van der Waals surface area contributed by atoms with Gasteiger partial charge in [0, 0.05) is 5.41 Å². The predicted octanol–water partition coefficient (Wildman–Crippen LogP) is -0.568. The lowest BCUT2D eigenvalue weighted by Crippen LogP contribution is -2.68. The van der Waals surface area contributed by atoms with Gasteiger partial charge in [0.05, 0.1) is 25.9 Å². The summed E-state index contributed by atoms with van der Waals surface area (Å²) in [4.78, 5) is 0. The summed E-state index contributed by atoms with van der Waals surface area (Å²) < 4.78 is 16.4. The second-order valence-electron chi connectivity index (χ2n) is 4.55. The number of fused-ring (bicyclic) bond motifs is 3. The molecule has 0 aromatic heterocycles. The van der Waals surface area contributed by atoms with Crippen molar-refractivity contribution in [2.75, 3.05) is 19.8 Å². The van der Waals surface area contributed by atoms with Crippen LogP contribution in [0.3, 0.4) is 0 Å². The average molecular weight is 203 g/mol. The molecule has 0 saturated carbocycles. The molecular formula is C9H17NO4. The van der Waals surface area contributed by atoms with E-state index in [9.17, 15) is 5.11 Å². The summed E-state index contributed by atoms with van der Waals surface area (Å²) in [6, 6.07) is -0.674. The van der Waals surface area contributed by atoms with Crippen molar-refractivity contribution in [3.63, 3.8) is 0 Å². The maximum atomic E-state index is 9.39. The van der Waals surface area contributed by atoms with E-state index < -0.39 is 18.1 Å². The van der Waals surface area contributed by atoms with E-state index >= 15 is 0 Å². The van der Waals surface area contributed by atoms with Gasteiger partial charge < -0.3 is 25.1 Å². The molecule has 0 aromatic rings. The first-order chi connectivity index (χ1) is 6.48. The van der Waals surface area contributed by atoms with Gasteiger partial charge in [0.2, 0.25) is 0 Å². The average Bonchev–Trinajstić information content (AvgIpc) is 2.18. The molecule has 2 unspecified atom stereocenters. The van der Waals surface area contributed by atoms with Crippen LogP contribution in [0.25, 0.3) is 0 Å². The Kier molecular flexibility index (Phi) is 2.32. The van der Waals surface area contributed by atoms with Crippen molar-refractivity contribution < 1.29 is 19.3 Å².